The van der Waals surface area contributed by atoms with E-state index in [4.69, 9.17) is 4.52 Å². The Labute approximate surface area is 117 Å². The molecule has 0 aliphatic carbocycles. The normalized spacial score (nSPS) is 11.7. The molecule has 0 atom stereocenters. The van der Waals surface area contributed by atoms with Crippen LogP contribution in [0, 0.1) is 6.92 Å². The number of H-pyrrole nitrogens is 1. The fraction of sp³-hybridized carbons (Fsp3) is 0.167. The van der Waals surface area contributed by atoms with Crippen molar-refractivity contribution in [3.63, 3.8) is 0 Å². The monoisotopic (exact) mass is 286 g/mol. The lowest BCUT2D eigenvalue weighted by Gasteiger charge is -1.95. The van der Waals surface area contributed by atoms with Gasteiger partial charge in [-0.1, -0.05) is 29.1 Å². The number of aromatic nitrogens is 6. The van der Waals surface area contributed by atoms with E-state index in [2.05, 4.69) is 25.3 Å². The van der Waals surface area contributed by atoms with Crippen LogP contribution < -0.4 is 0 Å². The van der Waals surface area contributed by atoms with E-state index in [1.165, 1.54) is 11.8 Å². The largest absolute Gasteiger partial charge is 0.338 e. The van der Waals surface area contributed by atoms with Crippen molar-refractivity contribution in [2.75, 3.05) is 0 Å². The number of benzene rings is 1. The minimum atomic E-state index is 0.577. The van der Waals surface area contributed by atoms with Gasteiger partial charge in [0, 0.05) is 0 Å². The van der Waals surface area contributed by atoms with Crippen LogP contribution in [0.2, 0.25) is 0 Å². The Balaban J connectivity index is 1.72. The number of imidazole rings is 1. The highest BCUT2D eigenvalue weighted by atomic mass is 32.2. The topological polar surface area (TPSA) is 84.9 Å². The predicted octanol–water partition coefficient (Wildman–Crippen LogP) is 2.19. The van der Waals surface area contributed by atoms with Crippen molar-refractivity contribution in [3.05, 3.63) is 36.0 Å². The van der Waals surface area contributed by atoms with E-state index in [9.17, 15) is 0 Å². The first-order valence-corrected chi connectivity index (χ1v) is 7.03. The number of thioether (sulfide) groups is 1. The highest BCUT2D eigenvalue weighted by molar-refractivity contribution is 7.98. The van der Waals surface area contributed by atoms with Crippen LogP contribution in [0.3, 0.4) is 0 Å². The van der Waals surface area contributed by atoms with Crippen molar-refractivity contribution >= 4 is 28.6 Å². The lowest BCUT2D eigenvalue weighted by atomic mass is 10.3. The van der Waals surface area contributed by atoms with Gasteiger partial charge in [0.25, 0.3) is 0 Å². The summed E-state index contributed by atoms with van der Waals surface area (Å²) in [5.41, 5.74) is 1.97. The Bertz CT molecular complexity index is 892. The number of hydrogen-bond acceptors (Lipinski definition) is 6. The molecule has 0 unspecified atom stereocenters. The molecule has 8 heteroatoms. The van der Waals surface area contributed by atoms with Gasteiger partial charge in [0.2, 0.25) is 11.7 Å². The van der Waals surface area contributed by atoms with Crippen molar-refractivity contribution < 1.29 is 4.52 Å². The summed E-state index contributed by atoms with van der Waals surface area (Å²) >= 11 is 1.53. The molecular weight excluding hydrogens is 276 g/mol. The average molecular weight is 286 g/mol. The lowest BCUT2D eigenvalue weighted by Crippen LogP contribution is -1.87. The average Bonchev–Trinajstić information content (AvgIpc) is 3.11. The van der Waals surface area contributed by atoms with Gasteiger partial charge in [-0.3, -0.25) is 4.40 Å². The third-order valence-corrected chi connectivity index (χ3v) is 3.82. The van der Waals surface area contributed by atoms with Gasteiger partial charge in [0.05, 0.1) is 16.8 Å². The standard InChI is InChI=1S/C12H10N6OS/c1-7-13-10(19-17-7)6-20-12-16-15-11-14-8-4-2-3-5-9(8)18(11)12/h2-5H,6H2,1H3,(H,14,15). The minimum Gasteiger partial charge on any atom is -0.338 e. The van der Waals surface area contributed by atoms with E-state index in [-0.39, 0.29) is 0 Å². The van der Waals surface area contributed by atoms with Crippen molar-refractivity contribution in [2.24, 2.45) is 0 Å². The summed E-state index contributed by atoms with van der Waals surface area (Å²) in [7, 11) is 0. The Kier molecular flexibility index (Phi) is 2.49. The molecule has 0 aliphatic rings. The molecule has 0 fully saturated rings. The Morgan fingerprint density at radius 2 is 2.20 bits per heavy atom. The lowest BCUT2D eigenvalue weighted by molar-refractivity contribution is 0.387. The maximum absolute atomic E-state index is 5.10. The van der Waals surface area contributed by atoms with Gasteiger partial charge in [0.1, 0.15) is 0 Å². The van der Waals surface area contributed by atoms with Crippen LogP contribution in [-0.4, -0.2) is 29.7 Å². The molecule has 7 nitrogen and oxygen atoms in total. The Hall–Kier alpha value is -2.35. The summed E-state index contributed by atoms with van der Waals surface area (Å²) in [6.45, 7) is 1.80. The summed E-state index contributed by atoms with van der Waals surface area (Å²) < 4.78 is 7.09. The number of aromatic amines is 1. The molecular formula is C12H10N6OS. The zero-order valence-corrected chi connectivity index (χ0v) is 11.4. The third-order valence-electron chi connectivity index (χ3n) is 2.90. The van der Waals surface area contributed by atoms with Crippen molar-refractivity contribution in [1.29, 1.82) is 0 Å². The zero-order chi connectivity index (χ0) is 13.5. The van der Waals surface area contributed by atoms with Gasteiger partial charge >= 0.3 is 0 Å². The molecule has 1 N–H and O–H groups in total. The maximum atomic E-state index is 5.10. The number of hydrogen-bond donors (Lipinski definition) is 1. The molecule has 0 amide bonds. The SMILES string of the molecule is Cc1noc(CSc2n[nH]c3nc4ccccc4n23)n1. The molecule has 0 saturated carbocycles. The number of rotatable bonds is 3. The predicted molar refractivity (Wildman–Crippen MR) is 73.4 cm³/mol. The van der Waals surface area contributed by atoms with E-state index >= 15 is 0 Å². The van der Waals surface area contributed by atoms with Crippen LogP contribution in [0.5, 0.6) is 0 Å². The van der Waals surface area contributed by atoms with Crippen LogP contribution in [0.25, 0.3) is 16.8 Å². The molecule has 3 aromatic heterocycles. The minimum absolute atomic E-state index is 0.577. The highest BCUT2D eigenvalue weighted by Crippen LogP contribution is 2.24. The Morgan fingerprint density at radius 1 is 1.30 bits per heavy atom. The number of fused-ring (bicyclic) bond motifs is 3. The molecule has 0 spiro atoms. The summed E-state index contributed by atoms with van der Waals surface area (Å²) in [4.78, 5) is 8.65. The molecule has 0 bridgehead atoms. The first-order valence-electron chi connectivity index (χ1n) is 6.05. The fourth-order valence-electron chi connectivity index (χ4n) is 2.06. The van der Waals surface area contributed by atoms with Gasteiger partial charge in [0.15, 0.2) is 11.0 Å². The third kappa shape index (κ3) is 1.76. The number of aryl methyl sites for hydroxylation is 1. The van der Waals surface area contributed by atoms with Gasteiger partial charge in [-0.05, 0) is 19.1 Å². The van der Waals surface area contributed by atoms with Crippen molar-refractivity contribution in [2.45, 2.75) is 17.8 Å². The number of para-hydroxylation sites is 2. The summed E-state index contributed by atoms with van der Waals surface area (Å²) in [5, 5.41) is 11.8. The van der Waals surface area contributed by atoms with Gasteiger partial charge in [-0.25, -0.2) is 10.1 Å². The van der Waals surface area contributed by atoms with E-state index in [0.29, 0.717) is 17.5 Å². The molecule has 100 valence electrons. The van der Waals surface area contributed by atoms with E-state index in [1.807, 2.05) is 28.7 Å². The quantitative estimate of drug-likeness (QED) is 0.581. The first-order chi connectivity index (χ1) is 9.81. The van der Waals surface area contributed by atoms with E-state index < -0.39 is 0 Å². The van der Waals surface area contributed by atoms with Crippen molar-refractivity contribution in [3.8, 4) is 0 Å². The maximum Gasteiger partial charge on any atom is 0.237 e. The molecule has 4 rings (SSSR count). The molecule has 0 aliphatic heterocycles. The van der Waals surface area contributed by atoms with Gasteiger partial charge in [-0.15, -0.1) is 5.10 Å². The van der Waals surface area contributed by atoms with Crippen LogP contribution >= 0.6 is 11.8 Å². The highest BCUT2D eigenvalue weighted by Gasteiger charge is 2.13. The number of nitrogens with one attached hydrogen (secondary N) is 1. The van der Waals surface area contributed by atoms with Crippen LogP contribution in [-0.2, 0) is 5.75 Å². The molecule has 20 heavy (non-hydrogen) atoms. The molecule has 4 aromatic rings. The summed E-state index contributed by atoms with van der Waals surface area (Å²) in [6.07, 6.45) is 0. The molecule has 0 saturated heterocycles. The summed E-state index contributed by atoms with van der Waals surface area (Å²) in [5.74, 6) is 2.54. The van der Waals surface area contributed by atoms with Crippen LogP contribution in [0.15, 0.2) is 33.9 Å². The number of nitrogens with zero attached hydrogens (tertiary/aromatic N) is 5. The fourth-order valence-corrected chi connectivity index (χ4v) is 2.86. The molecule has 3 heterocycles. The molecule has 0 radical (unpaired) electrons. The van der Waals surface area contributed by atoms with Gasteiger partial charge < -0.3 is 4.52 Å². The molecule has 1 aromatic carbocycles. The second kappa shape index (κ2) is 4.34. The zero-order valence-electron chi connectivity index (χ0n) is 10.6. The Morgan fingerprint density at radius 3 is 3.05 bits per heavy atom. The van der Waals surface area contributed by atoms with Crippen LogP contribution in [0.1, 0.15) is 11.7 Å². The van der Waals surface area contributed by atoms with Gasteiger partial charge in [-0.2, -0.15) is 4.98 Å². The summed E-state index contributed by atoms with van der Waals surface area (Å²) in [6, 6.07) is 7.95. The van der Waals surface area contributed by atoms with Crippen LogP contribution in [0.4, 0.5) is 0 Å². The smallest absolute Gasteiger partial charge is 0.237 e. The van der Waals surface area contributed by atoms with E-state index in [0.717, 1.165) is 22.0 Å². The second-order valence-corrected chi connectivity index (χ2v) is 5.23. The van der Waals surface area contributed by atoms with Crippen molar-refractivity contribution in [1.82, 2.24) is 29.7 Å². The second-order valence-electron chi connectivity index (χ2n) is 4.29. The van der Waals surface area contributed by atoms with E-state index in [1.54, 1.807) is 6.92 Å². The first kappa shape index (κ1) is 11.5.